The zero-order chi connectivity index (χ0) is 70.4. The Morgan fingerprint density at radius 1 is 0.396 bits per heavy atom. The highest BCUT2D eigenvalue weighted by Gasteiger charge is 2.58. The second-order valence-electron chi connectivity index (χ2n) is 27.0. The van der Waals surface area contributed by atoms with E-state index in [0.29, 0.717) is 19.3 Å². The standard InChI is InChI=1S/C71H131O24P/c1-4-7-10-13-16-19-22-24-26-28-31-33-36-39-42-45-55(73)87-49-52(90-57(75)47-44-41-38-35-30-21-18-15-12-9-6-3)50-89-96(85,86)95-69-67(93-70-65(83)60(78)58(76)53(48-72)91-70)63(81)62(80)64(82)68(69)94-71-66(84)61(79)59(77)54(92-71)51-88-56(74)46-43-40-37-34-32-29-27-25-23-20-17-14-11-8-5-2/h20,23,52-54,58-72,76-84H,4-19,21-22,24-51H2,1-3H3,(H,85,86)/b23-20-. The molecule has 0 aromatic heterocycles. The number of carbonyl (C=O) groups is 3. The van der Waals surface area contributed by atoms with Crippen LogP contribution < -0.4 is 0 Å². The summed E-state index contributed by atoms with van der Waals surface area (Å²) in [7, 11) is -5.69. The van der Waals surface area contributed by atoms with Gasteiger partial charge in [-0.25, -0.2) is 4.57 Å². The predicted molar refractivity (Wildman–Crippen MR) is 361 cm³/mol. The number of hydrogen-bond donors (Lipinski definition) is 11. The van der Waals surface area contributed by atoms with E-state index in [2.05, 4.69) is 32.9 Å². The topological polar surface area (TPSA) is 374 Å². The average molecular weight is 1400 g/mol. The lowest BCUT2D eigenvalue weighted by molar-refractivity contribution is -0.360. The molecule has 18 unspecified atom stereocenters. The third-order valence-electron chi connectivity index (χ3n) is 18.5. The van der Waals surface area contributed by atoms with Gasteiger partial charge in [-0.1, -0.05) is 238 Å². The van der Waals surface area contributed by atoms with E-state index in [9.17, 15) is 74.9 Å². The average Bonchev–Trinajstić information content (AvgIpc) is 0.765. The van der Waals surface area contributed by atoms with Gasteiger partial charge in [-0.3, -0.25) is 23.4 Å². The van der Waals surface area contributed by atoms with Gasteiger partial charge >= 0.3 is 25.7 Å². The number of esters is 3. The molecule has 3 rings (SSSR count). The molecule has 2 aliphatic heterocycles. The summed E-state index contributed by atoms with van der Waals surface area (Å²) in [5, 5.41) is 110. The lowest BCUT2D eigenvalue weighted by atomic mass is 9.84. The third-order valence-corrected chi connectivity index (χ3v) is 19.5. The van der Waals surface area contributed by atoms with Gasteiger partial charge in [0.25, 0.3) is 0 Å². The van der Waals surface area contributed by atoms with Gasteiger partial charge in [0, 0.05) is 19.3 Å². The fourth-order valence-electron chi connectivity index (χ4n) is 12.4. The Morgan fingerprint density at radius 2 is 0.729 bits per heavy atom. The van der Waals surface area contributed by atoms with Crippen molar-refractivity contribution in [3.63, 3.8) is 0 Å². The van der Waals surface area contributed by atoms with Gasteiger partial charge in [-0.2, -0.15) is 0 Å². The molecule has 2 saturated heterocycles. The van der Waals surface area contributed by atoms with Gasteiger partial charge < -0.3 is 89.1 Å². The van der Waals surface area contributed by atoms with Crippen LogP contribution in [0.1, 0.15) is 290 Å². The summed E-state index contributed by atoms with van der Waals surface area (Å²) in [5.41, 5.74) is 0. The van der Waals surface area contributed by atoms with Crippen molar-refractivity contribution in [2.45, 2.75) is 395 Å². The van der Waals surface area contributed by atoms with E-state index in [1.165, 1.54) is 122 Å². The summed E-state index contributed by atoms with van der Waals surface area (Å²) < 4.78 is 65.0. The molecule has 3 fully saturated rings. The predicted octanol–water partition coefficient (Wildman–Crippen LogP) is 9.96. The molecule has 11 N–H and O–H groups in total. The van der Waals surface area contributed by atoms with Gasteiger partial charge in [0.1, 0.15) is 98.7 Å². The van der Waals surface area contributed by atoms with Crippen molar-refractivity contribution in [1.82, 2.24) is 0 Å². The highest BCUT2D eigenvalue weighted by Crippen LogP contribution is 2.49. The third kappa shape index (κ3) is 36.5. The van der Waals surface area contributed by atoms with Gasteiger partial charge in [-0.15, -0.1) is 0 Å². The molecular formula is C71H131O24P. The molecule has 3 aliphatic rings. The highest BCUT2D eigenvalue weighted by molar-refractivity contribution is 7.47. The van der Waals surface area contributed by atoms with Gasteiger partial charge in [0.2, 0.25) is 0 Å². The number of unbranched alkanes of at least 4 members (excludes halogenated alkanes) is 35. The van der Waals surface area contributed by atoms with Crippen LogP contribution in [-0.2, 0) is 61.2 Å². The maximum atomic E-state index is 14.3. The van der Waals surface area contributed by atoms with E-state index >= 15 is 0 Å². The smallest absolute Gasteiger partial charge is 0.463 e. The van der Waals surface area contributed by atoms with Gasteiger partial charge in [0.05, 0.1) is 13.2 Å². The maximum absolute atomic E-state index is 14.3. The SMILES string of the molecule is CCCCCC/C=C\CCCCCCCCCC(=O)OCC1OC(OC2C(O)C(O)C(O)C(OC3OC(CO)C(O)C(O)C3O)C2OP(=O)(O)OCC(COC(=O)CCCCCCCCCCCCCCCCC)OC(=O)CCCCCCCCCCCCC)C(O)C(O)C1O. The molecule has 1 saturated carbocycles. The number of aliphatic hydroxyl groups is 10. The summed E-state index contributed by atoms with van der Waals surface area (Å²) in [6, 6.07) is 0. The molecule has 0 radical (unpaired) electrons. The molecule has 0 aromatic carbocycles. The molecule has 0 spiro atoms. The number of rotatable bonds is 58. The Morgan fingerprint density at radius 3 is 1.14 bits per heavy atom. The lowest BCUT2D eigenvalue weighted by Crippen LogP contribution is -2.69. The summed E-state index contributed by atoms with van der Waals surface area (Å²) in [4.78, 5) is 50.9. The number of ether oxygens (including phenoxy) is 7. The van der Waals surface area contributed by atoms with E-state index in [1.54, 1.807) is 0 Å². The minimum atomic E-state index is -5.69. The zero-order valence-electron chi connectivity index (χ0n) is 58.7. The molecule has 0 aromatic rings. The molecule has 0 amide bonds. The number of phosphoric acid groups is 1. The minimum Gasteiger partial charge on any atom is -0.463 e. The summed E-state index contributed by atoms with van der Waals surface area (Å²) in [6.45, 7) is 3.43. The number of hydrogen-bond acceptors (Lipinski definition) is 23. The first kappa shape index (κ1) is 87.9. The van der Waals surface area contributed by atoms with Crippen molar-refractivity contribution in [3.05, 3.63) is 12.2 Å². The second kappa shape index (κ2) is 53.5. The van der Waals surface area contributed by atoms with Crippen molar-refractivity contribution in [2.75, 3.05) is 26.4 Å². The Labute approximate surface area is 573 Å². The van der Waals surface area contributed by atoms with Crippen molar-refractivity contribution in [1.29, 1.82) is 0 Å². The summed E-state index contributed by atoms with van der Waals surface area (Å²) in [5.74, 6) is -1.98. The molecule has 564 valence electrons. The van der Waals surface area contributed by atoms with Crippen molar-refractivity contribution < 1.29 is 117 Å². The van der Waals surface area contributed by atoms with Crippen molar-refractivity contribution in [2.24, 2.45) is 0 Å². The second-order valence-corrected chi connectivity index (χ2v) is 28.4. The van der Waals surface area contributed by atoms with Gasteiger partial charge in [0.15, 0.2) is 18.7 Å². The van der Waals surface area contributed by atoms with Crippen LogP contribution in [0.4, 0.5) is 0 Å². The molecule has 0 bridgehead atoms. The van der Waals surface area contributed by atoms with Crippen LogP contribution in [-0.4, -0.2) is 204 Å². The Kier molecular flexibility index (Phi) is 49.0. The van der Waals surface area contributed by atoms with Crippen molar-refractivity contribution >= 4 is 25.7 Å². The number of allylic oxidation sites excluding steroid dienone is 2. The Hall–Kier alpha value is -2.30. The molecular weight excluding hydrogens is 1270 g/mol. The molecule has 24 nitrogen and oxygen atoms in total. The maximum Gasteiger partial charge on any atom is 0.472 e. The van der Waals surface area contributed by atoms with E-state index in [0.717, 1.165) is 109 Å². The van der Waals surface area contributed by atoms with Crippen LogP contribution in [0.3, 0.4) is 0 Å². The first-order valence-electron chi connectivity index (χ1n) is 37.5. The van der Waals surface area contributed by atoms with E-state index in [4.69, 9.17) is 42.2 Å². The first-order valence-corrected chi connectivity index (χ1v) is 39.0. The molecule has 2 heterocycles. The highest BCUT2D eigenvalue weighted by atomic mass is 31.2. The summed E-state index contributed by atoms with van der Waals surface area (Å²) in [6.07, 6.45) is 11.4. The Bertz CT molecular complexity index is 2040. The Balaban J connectivity index is 1.73. The number of carbonyl (C=O) groups excluding carboxylic acids is 3. The number of phosphoric ester groups is 1. The van der Waals surface area contributed by atoms with Crippen LogP contribution >= 0.6 is 7.82 Å². The first-order chi connectivity index (χ1) is 46.3. The van der Waals surface area contributed by atoms with Crippen LogP contribution in [0.25, 0.3) is 0 Å². The minimum absolute atomic E-state index is 0.0248. The normalized spacial score (nSPS) is 28.0. The fourth-order valence-corrected chi connectivity index (χ4v) is 13.4. The largest absolute Gasteiger partial charge is 0.472 e. The van der Waals surface area contributed by atoms with Crippen LogP contribution in [0.15, 0.2) is 12.2 Å². The molecule has 1 aliphatic carbocycles. The summed E-state index contributed by atoms with van der Waals surface area (Å²) >= 11 is 0. The number of aliphatic hydroxyl groups excluding tert-OH is 10. The van der Waals surface area contributed by atoms with E-state index in [1.807, 2.05) is 0 Å². The molecule has 25 heteroatoms. The lowest BCUT2D eigenvalue weighted by Gasteiger charge is -2.49. The van der Waals surface area contributed by atoms with Gasteiger partial charge in [-0.05, 0) is 44.9 Å². The van der Waals surface area contributed by atoms with Crippen LogP contribution in [0.2, 0.25) is 0 Å². The quantitative estimate of drug-likeness (QED) is 0.00886. The monoisotopic (exact) mass is 1400 g/mol. The molecule has 96 heavy (non-hydrogen) atoms. The van der Waals surface area contributed by atoms with Crippen molar-refractivity contribution in [3.8, 4) is 0 Å². The van der Waals surface area contributed by atoms with E-state index in [-0.39, 0.29) is 19.3 Å². The van der Waals surface area contributed by atoms with Crippen LogP contribution in [0.5, 0.6) is 0 Å². The van der Waals surface area contributed by atoms with E-state index < -0.39 is 156 Å². The van der Waals surface area contributed by atoms with Crippen LogP contribution in [0, 0.1) is 0 Å². The zero-order valence-corrected chi connectivity index (χ0v) is 59.6. The molecule has 18 atom stereocenters. The fraction of sp³-hybridized carbons (Fsp3) is 0.930.